The van der Waals surface area contributed by atoms with E-state index >= 15 is 0 Å². The number of halogens is 1. The number of ether oxygens (including phenoxy) is 1. The maximum atomic E-state index is 13.4. The maximum absolute atomic E-state index is 13.4. The Morgan fingerprint density at radius 2 is 1.83 bits per heavy atom. The van der Waals surface area contributed by atoms with Crippen LogP contribution in [0.3, 0.4) is 0 Å². The average molecular weight is 430 g/mol. The zero-order chi connectivity index (χ0) is 20.3. The highest BCUT2D eigenvalue weighted by atomic mass is 32.1. The van der Waals surface area contributed by atoms with Crippen molar-refractivity contribution in [3.8, 4) is 0 Å². The minimum atomic E-state index is -0.724. The lowest BCUT2D eigenvalue weighted by atomic mass is 9.73. The largest absolute Gasteiger partial charge is 0.381 e. The molecule has 150 valence electrons. The Labute approximate surface area is 176 Å². The highest BCUT2D eigenvalue weighted by Gasteiger charge is 2.41. The Morgan fingerprint density at radius 1 is 1.07 bits per heavy atom. The molecule has 0 saturated carbocycles. The predicted molar refractivity (Wildman–Crippen MR) is 112 cm³/mol. The molecule has 1 amide bonds. The first-order chi connectivity index (χ1) is 14.1. The van der Waals surface area contributed by atoms with Crippen molar-refractivity contribution in [1.82, 2.24) is 5.32 Å². The van der Waals surface area contributed by atoms with Crippen molar-refractivity contribution in [2.45, 2.75) is 24.8 Å². The lowest BCUT2D eigenvalue weighted by molar-refractivity contribution is -0.130. The van der Waals surface area contributed by atoms with Crippen LogP contribution in [0.5, 0.6) is 0 Å². The van der Waals surface area contributed by atoms with E-state index in [-0.39, 0.29) is 17.5 Å². The van der Waals surface area contributed by atoms with Crippen molar-refractivity contribution >= 4 is 34.4 Å². The predicted octanol–water partition coefficient (Wildman–Crippen LogP) is 4.54. The molecule has 1 fully saturated rings. The molecular weight excluding hydrogens is 409 g/mol. The Bertz CT molecular complexity index is 990. The Hall–Kier alpha value is -2.35. The third-order valence-corrected chi connectivity index (χ3v) is 7.04. The summed E-state index contributed by atoms with van der Waals surface area (Å²) in [5.74, 6) is -0.412. The van der Waals surface area contributed by atoms with Crippen LogP contribution in [0.2, 0.25) is 0 Å². The number of ketones is 1. The Kier molecular flexibility index (Phi) is 5.89. The third kappa shape index (κ3) is 4.17. The summed E-state index contributed by atoms with van der Waals surface area (Å²) in [5.41, 5.74) is 0.766. The number of nitrogens with one attached hydrogen (secondary N) is 1. The first-order valence-electron chi connectivity index (χ1n) is 9.36. The van der Waals surface area contributed by atoms with Crippen LogP contribution in [-0.4, -0.2) is 24.9 Å². The van der Waals surface area contributed by atoms with E-state index in [4.69, 9.17) is 4.74 Å². The number of rotatable bonds is 6. The van der Waals surface area contributed by atoms with E-state index in [1.165, 1.54) is 34.8 Å². The summed E-state index contributed by atoms with van der Waals surface area (Å²) in [7, 11) is 0. The van der Waals surface area contributed by atoms with Crippen LogP contribution in [0.25, 0.3) is 0 Å². The minimum absolute atomic E-state index is 0.000961. The summed E-state index contributed by atoms with van der Waals surface area (Å²) in [5, 5.41) is 6.74. The summed E-state index contributed by atoms with van der Waals surface area (Å²) in [4.78, 5) is 27.2. The Morgan fingerprint density at radius 3 is 2.52 bits per heavy atom. The third-order valence-electron chi connectivity index (χ3n) is 5.27. The molecule has 0 spiro atoms. The number of hydrogen-bond donors (Lipinski definition) is 1. The van der Waals surface area contributed by atoms with Crippen molar-refractivity contribution in [3.63, 3.8) is 0 Å². The van der Waals surface area contributed by atoms with Gasteiger partial charge < -0.3 is 10.1 Å². The van der Waals surface area contributed by atoms with E-state index in [9.17, 15) is 14.0 Å². The van der Waals surface area contributed by atoms with E-state index in [0.29, 0.717) is 43.0 Å². The number of carbonyl (C=O) groups is 2. The van der Waals surface area contributed by atoms with Gasteiger partial charge in [-0.2, -0.15) is 11.3 Å². The number of thiophene rings is 2. The topological polar surface area (TPSA) is 55.4 Å². The van der Waals surface area contributed by atoms with E-state index in [2.05, 4.69) is 5.32 Å². The molecule has 2 aromatic heterocycles. The van der Waals surface area contributed by atoms with E-state index in [1.54, 1.807) is 18.2 Å². The van der Waals surface area contributed by atoms with Gasteiger partial charge in [0.25, 0.3) is 0 Å². The summed E-state index contributed by atoms with van der Waals surface area (Å²) < 4.78 is 18.8. The summed E-state index contributed by atoms with van der Waals surface area (Å²) in [6, 6.07) is 11.6. The van der Waals surface area contributed by atoms with Crippen molar-refractivity contribution < 1.29 is 18.7 Å². The summed E-state index contributed by atoms with van der Waals surface area (Å²) in [6.07, 6.45) is 1.10. The van der Waals surface area contributed by atoms with Gasteiger partial charge in [0.15, 0.2) is 0 Å². The van der Waals surface area contributed by atoms with Gasteiger partial charge in [-0.15, -0.1) is 11.3 Å². The minimum Gasteiger partial charge on any atom is -0.381 e. The van der Waals surface area contributed by atoms with Gasteiger partial charge in [0.1, 0.15) is 5.82 Å². The lowest BCUT2D eigenvalue weighted by Gasteiger charge is -2.36. The zero-order valence-corrected chi connectivity index (χ0v) is 17.3. The first kappa shape index (κ1) is 19.9. The standard InChI is InChI=1S/C22H20FNO3S2/c23-17-3-1-16(2-4-17)22(8-10-27-11-9-22)21(26)24-13-18-5-6-19(29-18)20(25)15-7-12-28-14-15/h1-7,12,14H,8-11,13H2,(H,24,26). The second-order valence-corrected chi connectivity index (χ2v) is 8.94. The molecule has 29 heavy (non-hydrogen) atoms. The van der Waals surface area contributed by atoms with Gasteiger partial charge in [0, 0.05) is 29.0 Å². The molecule has 1 N–H and O–H groups in total. The van der Waals surface area contributed by atoms with Crippen LogP contribution in [0, 0.1) is 5.82 Å². The van der Waals surface area contributed by atoms with Crippen LogP contribution in [0.4, 0.5) is 4.39 Å². The zero-order valence-electron chi connectivity index (χ0n) is 15.7. The number of benzene rings is 1. The van der Waals surface area contributed by atoms with E-state index in [1.807, 2.05) is 22.9 Å². The van der Waals surface area contributed by atoms with Gasteiger partial charge in [-0.1, -0.05) is 12.1 Å². The molecule has 1 aliphatic rings. The molecule has 3 heterocycles. The van der Waals surface area contributed by atoms with Gasteiger partial charge >= 0.3 is 0 Å². The van der Waals surface area contributed by atoms with Crippen LogP contribution in [0.15, 0.2) is 53.2 Å². The molecule has 0 bridgehead atoms. The maximum Gasteiger partial charge on any atom is 0.231 e. The van der Waals surface area contributed by atoms with Crippen molar-refractivity contribution in [1.29, 1.82) is 0 Å². The molecule has 7 heteroatoms. The molecule has 1 aromatic carbocycles. The second-order valence-electron chi connectivity index (χ2n) is 6.99. The van der Waals surface area contributed by atoms with Gasteiger partial charge in [0.05, 0.1) is 16.8 Å². The summed E-state index contributed by atoms with van der Waals surface area (Å²) in [6.45, 7) is 1.33. The molecular formula is C22H20FNO3S2. The van der Waals surface area contributed by atoms with Crippen molar-refractivity contribution in [2.75, 3.05) is 13.2 Å². The molecule has 4 rings (SSSR count). The quantitative estimate of drug-likeness (QED) is 0.585. The van der Waals surface area contributed by atoms with Crippen LogP contribution in [-0.2, 0) is 21.5 Å². The molecule has 4 nitrogen and oxygen atoms in total. The molecule has 0 atom stereocenters. The summed E-state index contributed by atoms with van der Waals surface area (Å²) >= 11 is 2.88. The van der Waals surface area contributed by atoms with Gasteiger partial charge in [-0.25, -0.2) is 4.39 Å². The normalized spacial score (nSPS) is 15.8. The van der Waals surface area contributed by atoms with Crippen molar-refractivity contribution in [3.05, 3.63) is 79.9 Å². The average Bonchev–Trinajstić information content (AvgIpc) is 3.45. The van der Waals surface area contributed by atoms with Crippen molar-refractivity contribution in [2.24, 2.45) is 0 Å². The molecule has 3 aromatic rings. The van der Waals surface area contributed by atoms with Crippen LogP contribution < -0.4 is 5.32 Å². The fourth-order valence-electron chi connectivity index (χ4n) is 3.60. The molecule has 1 aliphatic heterocycles. The van der Waals surface area contributed by atoms with E-state index in [0.717, 1.165) is 10.4 Å². The molecule has 0 unspecified atom stereocenters. The fourth-order valence-corrected chi connectivity index (χ4v) is 5.15. The number of amides is 1. The van der Waals surface area contributed by atoms with Gasteiger partial charge in [-0.05, 0) is 54.1 Å². The first-order valence-corrected chi connectivity index (χ1v) is 11.1. The molecule has 0 aliphatic carbocycles. The fraction of sp³-hybridized carbons (Fsp3) is 0.273. The van der Waals surface area contributed by atoms with Gasteiger partial charge in [-0.3, -0.25) is 9.59 Å². The molecule has 1 saturated heterocycles. The number of hydrogen-bond acceptors (Lipinski definition) is 5. The van der Waals surface area contributed by atoms with Crippen LogP contribution >= 0.6 is 22.7 Å². The molecule has 0 radical (unpaired) electrons. The number of carbonyl (C=O) groups excluding carboxylic acids is 2. The van der Waals surface area contributed by atoms with E-state index < -0.39 is 5.41 Å². The second kappa shape index (κ2) is 8.57. The van der Waals surface area contributed by atoms with Crippen LogP contribution in [0.1, 0.15) is 38.5 Å². The SMILES string of the molecule is O=C(c1ccsc1)c1ccc(CNC(=O)C2(c3ccc(F)cc3)CCOCC2)s1. The smallest absolute Gasteiger partial charge is 0.231 e. The monoisotopic (exact) mass is 429 g/mol. The highest BCUT2D eigenvalue weighted by Crippen LogP contribution is 2.35. The Balaban J connectivity index is 1.47. The highest BCUT2D eigenvalue weighted by molar-refractivity contribution is 7.14. The lowest BCUT2D eigenvalue weighted by Crippen LogP contribution is -2.47. The van der Waals surface area contributed by atoms with Gasteiger partial charge in [0.2, 0.25) is 11.7 Å².